The Morgan fingerprint density at radius 1 is 0.293 bits per heavy atom. The normalized spacial score (nSPS) is 14.9. The van der Waals surface area contributed by atoms with Gasteiger partial charge in [0, 0.05) is 54.9 Å². The average Bonchev–Trinajstić information content (AvgIpc) is 1.63. The van der Waals surface area contributed by atoms with Crippen molar-refractivity contribution in [2.45, 2.75) is 43.9 Å². The van der Waals surface area contributed by atoms with Crippen molar-refractivity contribution in [1.29, 1.82) is 0 Å². The predicted molar refractivity (Wildman–Crippen MR) is 338 cm³/mol. The van der Waals surface area contributed by atoms with Gasteiger partial charge in [-0.25, -0.2) is 0 Å². The van der Waals surface area contributed by atoms with E-state index in [1.807, 2.05) is 0 Å². The van der Waals surface area contributed by atoms with Gasteiger partial charge in [0.15, 0.2) is 0 Å². The Morgan fingerprint density at radius 3 is 1.49 bits per heavy atom. The quantitative estimate of drug-likeness (QED) is 0.172. The Balaban J connectivity index is 0.889. The van der Waals surface area contributed by atoms with Crippen molar-refractivity contribution in [3.63, 3.8) is 0 Å². The molecule has 4 aliphatic carbocycles. The molecule has 0 bridgehead atoms. The maximum Gasteiger partial charge on any atom is 0.143 e. The maximum absolute atomic E-state index is 7.04. The van der Waals surface area contributed by atoms with E-state index in [4.69, 9.17) is 8.83 Å². The number of benzene rings is 12. The van der Waals surface area contributed by atoms with Crippen molar-refractivity contribution in [1.82, 2.24) is 0 Å². The highest BCUT2D eigenvalue weighted by molar-refractivity contribution is 6.20. The molecule has 0 amide bonds. The molecule has 82 heavy (non-hydrogen) atoms. The van der Waals surface area contributed by atoms with E-state index in [-0.39, 0.29) is 10.8 Å². The lowest BCUT2D eigenvalue weighted by Gasteiger charge is -2.33. The Bertz CT molecular complexity index is 5060. The molecule has 3 nitrogen and oxygen atoms in total. The van der Waals surface area contributed by atoms with Crippen LogP contribution in [-0.4, -0.2) is 0 Å². The van der Waals surface area contributed by atoms with Gasteiger partial charge in [0.2, 0.25) is 0 Å². The van der Waals surface area contributed by atoms with E-state index < -0.39 is 5.41 Å². The van der Waals surface area contributed by atoms with E-state index >= 15 is 0 Å². The second-order valence-corrected chi connectivity index (χ2v) is 24.2. The van der Waals surface area contributed by atoms with E-state index in [0.29, 0.717) is 0 Å². The predicted octanol–water partition coefficient (Wildman–Crippen LogP) is 21.2. The zero-order valence-corrected chi connectivity index (χ0v) is 45.9. The molecule has 0 saturated carbocycles. The minimum absolute atomic E-state index is 0.207. The monoisotopic (exact) mass is 1050 g/mol. The van der Waals surface area contributed by atoms with Crippen LogP contribution >= 0.6 is 0 Å². The van der Waals surface area contributed by atoms with Crippen molar-refractivity contribution >= 4 is 60.9 Å². The van der Waals surface area contributed by atoms with E-state index in [2.05, 4.69) is 281 Å². The molecule has 1 spiro atoms. The first-order valence-corrected chi connectivity index (χ1v) is 28.8. The Labute approximate surface area is 476 Å². The van der Waals surface area contributed by atoms with Gasteiger partial charge >= 0.3 is 0 Å². The molecule has 0 unspecified atom stereocenters. The van der Waals surface area contributed by atoms with Crippen molar-refractivity contribution in [2.24, 2.45) is 0 Å². The minimum atomic E-state index is -0.655. The third-order valence-electron chi connectivity index (χ3n) is 19.5. The fourth-order valence-electron chi connectivity index (χ4n) is 15.8. The lowest BCUT2D eigenvalue weighted by atomic mass is 9.70. The third-order valence-corrected chi connectivity index (χ3v) is 19.5. The molecule has 386 valence electrons. The largest absolute Gasteiger partial charge is 0.456 e. The van der Waals surface area contributed by atoms with Crippen LogP contribution in [0.3, 0.4) is 0 Å². The van der Waals surface area contributed by atoms with Crippen LogP contribution < -0.4 is 4.90 Å². The lowest BCUT2D eigenvalue weighted by Crippen LogP contribution is -2.26. The van der Waals surface area contributed by atoms with Gasteiger partial charge < -0.3 is 13.7 Å². The summed E-state index contributed by atoms with van der Waals surface area (Å²) in [6, 6.07) is 92.8. The highest BCUT2D eigenvalue weighted by Crippen LogP contribution is 2.66. The van der Waals surface area contributed by atoms with Crippen molar-refractivity contribution in [2.75, 3.05) is 4.90 Å². The van der Waals surface area contributed by atoms with Crippen LogP contribution in [0.5, 0.6) is 0 Å². The number of fused-ring (bicyclic) bond motifs is 24. The first kappa shape index (κ1) is 45.9. The molecule has 4 aliphatic rings. The van der Waals surface area contributed by atoms with Gasteiger partial charge in [0.05, 0.1) is 11.1 Å². The summed E-state index contributed by atoms with van der Waals surface area (Å²) in [7, 11) is 0. The summed E-state index contributed by atoms with van der Waals surface area (Å²) in [6.45, 7) is 9.66. The van der Waals surface area contributed by atoms with Crippen LogP contribution in [0, 0.1) is 0 Å². The van der Waals surface area contributed by atoms with E-state index in [1.54, 1.807) is 0 Å². The van der Waals surface area contributed by atoms with Crippen LogP contribution in [-0.2, 0) is 16.2 Å². The Hall–Kier alpha value is -9.96. The van der Waals surface area contributed by atoms with Gasteiger partial charge in [-0.2, -0.15) is 0 Å². The average molecular weight is 1050 g/mol. The zero-order valence-electron chi connectivity index (χ0n) is 45.9. The summed E-state index contributed by atoms with van der Waals surface area (Å²) < 4.78 is 13.6. The molecular formula is C79H53NO2. The van der Waals surface area contributed by atoms with Crippen LogP contribution in [0.2, 0.25) is 0 Å². The Kier molecular flexibility index (Phi) is 9.01. The fraction of sp³-hybridized carbons (Fsp3) is 0.0886. The van der Waals surface area contributed by atoms with Crippen LogP contribution in [0.4, 0.5) is 17.1 Å². The molecular weight excluding hydrogens is 995 g/mol. The number of nitrogens with zero attached hydrogens (tertiary/aromatic N) is 1. The van der Waals surface area contributed by atoms with Gasteiger partial charge in [-0.1, -0.05) is 210 Å². The third kappa shape index (κ3) is 5.79. The van der Waals surface area contributed by atoms with Crippen molar-refractivity contribution in [3.8, 4) is 66.8 Å². The number of anilines is 3. The molecule has 14 aromatic rings. The molecule has 0 atom stereocenters. The van der Waals surface area contributed by atoms with Crippen LogP contribution in [0.1, 0.15) is 72.2 Å². The summed E-state index contributed by atoms with van der Waals surface area (Å²) in [5, 5.41) is 4.67. The summed E-state index contributed by atoms with van der Waals surface area (Å²) >= 11 is 0. The van der Waals surface area contributed by atoms with Gasteiger partial charge in [0.25, 0.3) is 0 Å². The number of furan rings is 2. The number of hydrogen-bond acceptors (Lipinski definition) is 3. The van der Waals surface area contributed by atoms with Gasteiger partial charge in [-0.3, -0.25) is 0 Å². The minimum Gasteiger partial charge on any atom is -0.456 e. The first-order valence-electron chi connectivity index (χ1n) is 28.8. The Morgan fingerprint density at radius 2 is 0.780 bits per heavy atom. The second-order valence-electron chi connectivity index (χ2n) is 24.2. The topological polar surface area (TPSA) is 29.5 Å². The van der Waals surface area contributed by atoms with Gasteiger partial charge in [-0.15, -0.1) is 0 Å². The molecule has 2 aromatic heterocycles. The smallest absolute Gasteiger partial charge is 0.143 e. The fourth-order valence-corrected chi connectivity index (χ4v) is 15.8. The summed E-state index contributed by atoms with van der Waals surface area (Å²) in [5.41, 5.74) is 31.1. The summed E-state index contributed by atoms with van der Waals surface area (Å²) in [4.78, 5) is 2.55. The number of para-hydroxylation sites is 3. The highest BCUT2D eigenvalue weighted by atomic mass is 16.3. The molecule has 0 fully saturated rings. The second kappa shape index (κ2) is 16.1. The molecule has 12 aromatic carbocycles. The van der Waals surface area contributed by atoms with Gasteiger partial charge in [-0.05, 0) is 167 Å². The summed E-state index contributed by atoms with van der Waals surface area (Å²) in [5.74, 6) is 0. The lowest BCUT2D eigenvalue weighted by molar-refractivity contribution is 0.651. The molecule has 0 N–H and O–H groups in total. The molecule has 0 saturated heterocycles. The van der Waals surface area contributed by atoms with E-state index in [0.717, 1.165) is 66.9 Å². The van der Waals surface area contributed by atoms with Crippen LogP contribution in [0.25, 0.3) is 111 Å². The van der Waals surface area contributed by atoms with Crippen molar-refractivity contribution in [3.05, 3.63) is 293 Å². The molecule has 0 aliphatic heterocycles. The molecule has 2 heterocycles. The van der Waals surface area contributed by atoms with Crippen LogP contribution in [0.15, 0.2) is 258 Å². The maximum atomic E-state index is 7.04. The standard InChI is InChI=1S/C79H53NO2/c1-77(2)62-39-40-71-74(55-28-14-19-33-69(55)81-71)73(62)59-45-64-58(44-65(59)77)53-37-35-48(41-63(53)78(64,3)4)80(68-32-18-13-25-50(68)46-21-7-5-8-22-46)49-36-38-54-66(42-49)79(60-30-16-11-26-51(60)52-27-12-17-31-61(52)79)67-43-57(47-23-9-6-10-24-47)76-75(72(54)67)56-29-15-20-34-70(56)82-76/h5-45H,1-4H3. The van der Waals surface area contributed by atoms with Gasteiger partial charge in [0.1, 0.15) is 22.3 Å². The number of rotatable bonds is 5. The van der Waals surface area contributed by atoms with Crippen molar-refractivity contribution < 1.29 is 8.83 Å². The SMILES string of the molecule is CC1(C)c2cc(N(c3ccc4c(c3)C3(c5ccccc5-c5ccccc53)c3cc(-c5ccccc5)c5oc6ccccc6c5c3-4)c3ccccc3-c3ccccc3)ccc2-c2cc3c(cc21)-c1c(ccc2oc4ccccc4c12)C3(C)C. The molecule has 3 heteroatoms. The highest BCUT2D eigenvalue weighted by Gasteiger charge is 2.53. The van der Waals surface area contributed by atoms with E-state index in [1.165, 1.54) is 105 Å². The molecule has 0 radical (unpaired) electrons. The number of hydrogen-bond donors (Lipinski definition) is 0. The van der Waals surface area contributed by atoms with E-state index in [9.17, 15) is 0 Å². The summed E-state index contributed by atoms with van der Waals surface area (Å²) in [6.07, 6.45) is 0. The zero-order chi connectivity index (χ0) is 54.4. The molecule has 18 rings (SSSR count). The first-order chi connectivity index (χ1) is 40.2.